The van der Waals surface area contributed by atoms with Crippen LogP contribution in [0.5, 0.6) is 5.75 Å². The summed E-state index contributed by atoms with van der Waals surface area (Å²) in [5, 5.41) is 52.0. The number of nitrogens with one attached hydrogen (secondary N) is 2. The van der Waals surface area contributed by atoms with Crippen molar-refractivity contribution in [3.63, 3.8) is 0 Å². The van der Waals surface area contributed by atoms with E-state index in [-0.39, 0.29) is 18.8 Å². The zero-order valence-corrected chi connectivity index (χ0v) is 12.5. The number of aromatic hydroxyl groups is 1. The highest BCUT2D eigenvalue weighted by atomic mass is 16.5. The van der Waals surface area contributed by atoms with Crippen LogP contribution in [0.3, 0.4) is 0 Å². The summed E-state index contributed by atoms with van der Waals surface area (Å²) in [5.41, 5.74) is 2.31. The van der Waals surface area contributed by atoms with Crippen LogP contribution in [0, 0.1) is 0 Å². The monoisotopic (exact) mass is 300 g/mol. The van der Waals surface area contributed by atoms with Gasteiger partial charge in [0.25, 0.3) is 0 Å². The Morgan fingerprint density at radius 3 is 1.57 bits per heavy atom. The van der Waals surface area contributed by atoms with Crippen molar-refractivity contribution < 1.29 is 25.5 Å². The van der Waals surface area contributed by atoms with Gasteiger partial charge in [0.1, 0.15) is 5.75 Å². The standard InChI is InChI=1S/C14H24N2O5/c1-4-12-9(7-15-13(2,18)19)5-11(17)6-10(12)8-16-14(3,20)21/h5-6,15-21H,4,7-8H2,1-3H3. The highest BCUT2D eigenvalue weighted by molar-refractivity contribution is 5.42. The third kappa shape index (κ3) is 6.38. The van der Waals surface area contributed by atoms with Crippen molar-refractivity contribution in [1.82, 2.24) is 10.6 Å². The zero-order chi connectivity index (χ0) is 16.3. The van der Waals surface area contributed by atoms with Gasteiger partial charge < -0.3 is 25.5 Å². The highest BCUT2D eigenvalue weighted by Crippen LogP contribution is 2.23. The predicted molar refractivity (Wildman–Crippen MR) is 76.8 cm³/mol. The predicted octanol–water partition coefficient (Wildman–Crippen LogP) is -0.550. The van der Waals surface area contributed by atoms with E-state index < -0.39 is 11.8 Å². The molecular formula is C14H24N2O5. The minimum atomic E-state index is -2.01. The summed E-state index contributed by atoms with van der Waals surface area (Å²) in [6, 6.07) is 3.08. The highest BCUT2D eigenvalue weighted by Gasteiger charge is 2.18. The summed E-state index contributed by atoms with van der Waals surface area (Å²) in [5.74, 6) is -4.00. The third-order valence-corrected chi connectivity index (χ3v) is 3.00. The molecule has 120 valence electrons. The first-order valence-electron chi connectivity index (χ1n) is 6.75. The number of phenols is 1. The number of rotatable bonds is 7. The van der Waals surface area contributed by atoms with E-state index in [1.165, 1.54) is 26.0 Å². The molecule has 7 heteroatoms. The minimum Gasteiger partial charge on any atom is -0.508 e. The van der Waals surface area contributed by atoms with E-state index in [2.05, 4.69) is 10.6 Å². The smallest absolute Gasteiger partial charge is 0.219 e. The van der Waals surface area contributed by atoms with Gasteiger partial charge in [0.05, 0.1) is 0 Å². The van der Waals surface area contributed by atoms with Crippen LogP contribution in [-0.2, 0) is 19.5 Å². The largest absolute Gasteiger partial charge is 0.508 e. The Hall–Kier alpha value is -1.22. The fourth-order valence-corrected chi connectivity index (χ4v) is 2.07. The van der Waals surface area contributed by atoms with Crippen LogP contribution in [0.25, 0.3) is 0 Å². The first-order valence-corrected chi connectivity index (χ1v) is 6.75. The van der Waals surface area contributed by atoms with Crippen molar-refractivity contribution in [2.75, 3.05) is 0 Å². The molecule has 0 saturated heterocycles. The molecule has 0 amide bonds. The molecule has 0 radical (unpaired) electrons. The molecule has 0 aliphatic rings. The lowest BCUT2D eigenvalue weighted by molar-refractivity contribution is -0.171. The van der Waals surface area contributed by atoms with Gasteiger partial charge in [-0.3, -0.25) is 10.6 Å². The van der Waals surface area contributed by atoms with E-state index in [1.54, 1.807) is 0 Å². The second kappa shape index (κ2) is 6.69. The molecule has 7 nitrogen and oxygen atoms in total. The fraction of sp³-hybridized carbons (Fsp3) is 0.571. The zero-order valence-electron chi connectivity index (χ0n) is 12.5. The first-order chi connectivity index (χ1) is 9.52. The summed E-state index contributed by atoms with van der Waals surface area (Å²) < 4.78 is 0. The Kier molecular flexibility index (Phi) is 5.68. The second-order valence-electron chi connectivity index (χ2n) is 5.34. The SMILES string of the molecule is CCc1c(CNC(C)(O)O)cc(O)cc1CNC(C)(O)O. The van der Waals surface area contributed by atoms with Gasteiger partial charge in [0, 0.05) is 26.9 Å². The van der Waals surface area contributed by atoms with Crippen LogP contribution in [0.1, 0.15) is 37.5 Å². The maximum atomic E-state index is 9.77. The molecule has 0 bridgehead atoms. The van der Waals surface area contributed by atoms with E-state index in [9.17, 15) is 25.5 Å². The minimum absolute atomic E-state index is 0.0240. The van der Waals surface area contributed by atoms with Crippen LogP contribution in [0.4, 0.5) is 0 Å². The van der Waals surface area contributed by atoms with Crippen molar-refractivity contribution in [3.05, 3.63) is 28.8 Å². The number of phenolic OH excluding ortho intramolecular Hbond substituents is 1. The lowest BCUT2D eigenvalue weighted by Gasteiger charge is -2.22. The Morgan fingerprint density at radius 2 is 1.29 bits per heavy atom. The van der Waals surface area contributed by atoms with Gasteiger partial charge in [-0.2, -0.15) is 0 Å². The van der Waals surface area contributed by atoms with E-state index in [0.29, 0.717) is 17.5 Å². The molecule has 1 rings (SSSR count). The fourth-order valence-electron chi connectivity index (χ4n) is 2.07. The number of hydrogen-bond donors (Lipinski definition) is 7. The van der Waals surface area contributed by atoms with Gasteiger partial charge in [-0.25, -0.2) is 0 Å². The molecule has 0 saturated carbocycles. The Labute approximate surface area is 123 Å². The van der Waals surface area contributed by atoms with E-state index in [1.807, 2.05) is 6.92 Å². The Morgan fingerprint density at radius 1 is 0.905 bits per heavy atom. The summed E-state index contributed by atoms with van der Waals surface area (Å²) in [6.07, 6.45) is 0.648. The van der Waals surface area contributed by atoms with Crippen LogP contribution in [-0.4, -0.2) is 37.4 Å². The molecule has 7 N–H and O–H groups in total. The lowest BCUT2D eigenvalue weighted by Crippen LogP contribution is -2.42. The maximum Gasteiger partial charge on any atom is 0.219 e. The Bertz CT molecular complexity index is 438. The van der Waals surface area contributed by atoms with Crippen LogP contribution < -0.4 is 10.6 Å². The summed E-state index contributed by atoms with van der Waals surface area (Å²) in [7, 11) is 0. The molecule has 1 aromatic rings. The van der Waals surface area contributed by atoms with Gasteiger partial charge in [-0.1, -0.05) is 6.92 Å². The van der Waals surface area contributed by atoms with Gasteiger partial charge in [-0.05, 0) is 35.2 Å². The molecule has 0 aliphatic carbocycles. The molecule has 0 aliphatic heterocycles. The molecule has 0 spiro atoms. The van der Waals surface area contributed by atoms with Crippen LogP contribution >= 0.6 is 0 Å². The maximum absolute atomic E-state index is 9.77. The third-order valence-electron chi connectivity index (χ3n) is 3.00. The van der Waals surface area contributed by atoms with Gasteiger partial charge in [0.15, 0.2) is 0 Å². The van der Waals surface area contributed by atoms with Crippen molar-refractivity contribution >= 4 is 0 Å². The molecular weight excluding hydrogens is 276 g/mol. The number of aliphatic hydroxyl groups is 4. The number of benzene rings is 1. The van der Waals surface area contributed by atoms with Gasteiger partial charge in [0.2, 0.25) is 11.8 Å². The van der Waals surface area contributed by atoms with Crippen molar-refractivity contribution in [1.29, 1.82) is 0 Å². The van der Waals surface area contributed by atoms with Crippen LogP contribution in [0.2, 0.25) is 0 Å². The van der Waals surface area contributed by atoms with Crippen LogP contribution in [0.15, 0.2) is 12.1 Å². The van der Waals surface area contributed by atoms with E-state index in [0.717, 1.165) is 5.56 Å². The molecule has 1 aromatic carbocycles. The summed E-state index contributed by atoms with van der Waals surface area (Å²) in [6.45, 7) is 4.64. The molecule has 0 atom stereocenters. The lowest BCUT2D eigenvalue weighted by atomic mass is 9.97. The summed E-state index contributed by atoms with van der Waals surface area (Å²) >= 11 is 0. The average Bonchev–Trinajstić information content (AvgIpc) is 2.31. The molecule has 21 heavy (non-hydrogen) atoms. The van der Waals surface area contributed by atoms with E-state index >= 15 is 0 Å². The molecule has 0 aromatic heterocycles. The first kappa shape index (κ1) is 17.8. The normalized spacial score (nSPS) is 12.7. The Balaban J connectivity index is 3.00. The second-order valence-corrected chi connectivity index (χ2v) is 5.34. The van der Waals surface area contributed by atoms with Crippen molar-refractivity contribution in [2.45, 2.75) is 52.1 Å². The molecule has 0 heterocycles. The van der Waals surface area contributed by atoms with Crippen molar-refractivity contribution in [2.24, 2.45) is 0 Å². The average molecular weight is 300 g/mol. The summed E-state index contributed by atoms with van der Waals surface area (Å²) in [4.78, 5) is 0. The number of hydrogen-bond acceptors (Lipinski definition) is 7. The van der Waals surface area contributed by atoms with Crippen molar-refractivity contribution in [3.8, 4) is 5.75 Å². The molecule has 0 unspecified atom stereocenters. The van der Waals surface area contributed by atoms with E-state index in [4.69, 9.17) is 0 Å². The van der Waals surface area contributed by atoms with Gasteiger partial charge >= 0.3 is 0 Å². The quantitative estimate of drug-likeness (QED) is 0.337. The van der Waals surface area contributed by atoms with Gasteiger partial charge in [-0.15, -0.1) is 0 Å². The topological polar surface area (TPSA) is 125 Å². The molecule has 0 fully saturated rings.